The summed E-state index contributed by atoms with van der Waals surface area (Å²) in [6, 6.07) is 0. The van der Waals surface area contributed by atoms with Gasteiger partial charge in [0.25, 0.3) is 0 Å². The molecule has 0 bridgehead atoms. The number of nitrogens with one attached hydrogen (secondary N) is 2. The third kappa shape index (κ3) is 11.9. The SMILES string of the molecule is CCCN=C(NCC)NCCCCC(=O)OC.I. The number of halogens is 1. The normalized spacial score (nSPS) is 10.5. The molecule has 2 N–H and O–H groups in total. The molecular formula is C12H26IN3O2. The minimum atomic E-state index is -0.142. The van der Waals surface area contributed by atoms with Gasteiger partial charge in [0.05, 0.1) is 7.11 Å². The van der Waals surface area contributed by atoms with Gasteiger partial charge in [-0.3, -0.25) is 9.79 Å². The smallest absolute Gasteiger partial charge is 0.305 e. The molecule has 0 unspecified atom stereocenters. The van der Waals surface area contributed by atoms with Gasteiger partial charge in [0.15, 0.2) is 5.96 Å². The molecule has 0 aliphatic heterocycles. The van der Waals surface area contributed by atoms with Crippen LogP contribution in [0, 0.1) is 0 Å². The van der Waals surface area contributed by atoms with Gasteiger partial charge in [0.1, 0.15) is 0 Å². The van der Waals surface area contributed by atoms with E-state index >= 15 is 0 Å². The molecule has 0 aromatic carbocycles. The Balaban J connectivity index is 0. The first-order valence-corrected chi connectivity index (χ1v) is 6.33. The average molecular weight is 371 g/mol. The molecule has 0 aliphatic rings. The quantitative estimate of drug-likeness (QED) is 0.225. The number of esters is 1. The van der Waals surface area contributed by atoms with E-state index in [9.17, 15) is 4.79 Å². The Hall–Kier alpha value is -0.530. The van der Waals surface area contributed by atoms with Gasteiger partial charge in [0.2, 0.25) is 0 Å². The topological polar surface area (TPSA) is 62.7 Å². The third-order valence-electron chi connectivity index (χ3n) is 2.17. The van der Waals surface area contributed by atoms with Crippen LogP contribution in [0.5, 0.6) is 0 Å². The molecular weight excluding hydrogens is 345 g/mol. The van der Waals surface area contributed by atoms with Crippen LogP contribution in [0.1, 0.15) is 39.5 Å². The second-order valence-corrected chi connectivity index (χ2v) is 3.72. The predicted molar refractivity (Wildman–Crippen MR) is 85.6 cm³/mol. The molecule has 0 rings (SSSR count). The maximum absolute atomic E-state index is 10.9. The fraction of sp³-hybridized carbons (Fsp3) is 0.833. The predicted octanol–water partition coefficient (Wildman–Crippen LogP) is 1.91. The summed E-state index contributed by atoms with van der Waals surface area (Å²) in [7, 11) is 1.42. The van der Waals surface area contributed by atoms with Crippen molar-refractivity contribution in [3.63, 3.8) is 0 Å². The maximum Gasteiger partial charge on any atom is 0.305 e. The van der Waals surface area contributed by atoms with Gasteiger partial charge in [0, 0.05) is 26.1 Å². The van der Waals surface area contributed by atoms with Crippen molar-refractivity contribution in [3.8, 4) is 0 Å². The Kier molecular flexibility index (Phi) is 16.0. The summed E-state index contributed by atoms with van der Waals surface area (Å²) < 4.78 is 4.57. The number of ether oxygens (including phenoxy) is 1. The molecule has 18 heavy (non-hydrogen) atoms. The number of guanidine groups is 1. The van der Waals surface area contributed by atoms with Gasteiger partial charge in [-0.05, 0) is 26.2 Å². The molecule has 0 atom stereocenters. The van der Waals surface area contributed by atoms with E-state index in [1.165, 1.54) is 7.11 Å². The first-order chi connectivity index (χ1) is 8.24. The largest absolute Gasteiger partial charge is 0.469 e. The van der Waals surface area contributed by atoms with Crippen LogP contribution < -0.4 is 10.6 Å². The van der Waals surface area contributed by atoms with Crippen LogP contribution >= 0.6 is 24.0 Å². The second kappa shape index (κ2) is 14.5. The third-order valence-corrected chi connectivity index (χ3v) is 2.17. The molecule has 0 saturated heterocycles. The van der Waals surface area contributed by atoms with Crippen LogP contribution in [-0.2, 0) is 9.53 Å². The lowest BCUT2D eigenvalue weighted by Gasteiger charge is -2.10. The summed E-state index contributed by atoms with van der Waals surface area (Å²) in [5.74, 6) is 0.712. The number of nitrogens with zero attached hydrogens (tertiary/aromatic N) is 1. The highest BCUT2D eigenvalue weighted by Gasteiger charge is 2.00. The van der Waals surface area contributed by atoms with Crippen molar-refractivity contribution in [2.75, 3.05) is 26.7 Å². The van der Waals surface area contributed by atoms with Gasteiger partial charge in [-0.25, -0.2) is 0 Å². The van der Waals surface area contributed by atoms with Crippen molar-refractivity contribution in [2.24, 2.45) is 4.99 Å². The van der Waals surface area contributed by atoms with Crippen LogP contribution in [-0.4, -0.2) is 38.7 Å². The van der Waals surface area contributed by atoms with E-state index in [-0.39, 0.29) is 29.9 Å². The Morgan fingerprint density at radius 1 is 1.22 bits per heavy atom. The fourth-order valence-electron chi connectivity index (χ4n) is 1.27. The Bertz CT molecular complexity index is 235. The molecule has 0 spiro atoms. The molecule has 6 heteroatoms. The average Bonchev–Trinajstić information content (AvgIpc) is 2.34. The van der Waals surface area contributed by atoms with Crippen LogP contribution in [0.15, 0.2) is 4.99 Å². The minimum absolute atomic E-state index is 0. The first-order valence-electron chi connectivity index (χ1n) is 6.33. The first kappa shape index (κ1) is 19.8. The lowest BCUT2D eigenvalue weighted by molar-refractivity contribution is -0.140. The molecule has 0 aromatic rings. The van der Waals surface area contributed by atoms with Crippen molar-refractivity contribution < 1.29 is 9.53 Å². The fourth-order valence-corrected chi connectivity index (χ4v) is 1.27. The number of hydrogen-bond acceptors (Lipinski definition) is 3. The molecule has 5 nitrogen and oxygen atoms in total. The molecule has 0 heterocycles. The van der Waals surface area contributed by atoms with E-state index in [1.807, 2.05) is 6.92 Å². The zero-order valence-electron chi connectivity index (χ0n) is 11.6. The van der Waals surface area contributed by atoms with E-state index in [4.69, 9.17) is 0 Å². The van der Waals surface area contributed by atoms with Gasteiger partial charge in [-0.2, -0.15) is 0 Å². The molecule has 0 aromatic heterocycles. The van der Waals surface area contributed by atoms with Crippen LogP contribution in [0.3, 0.4) is 0 Å². The summed E-state index contributed by atoms with van der Waals surface area (Å²) in [6.45, 7) is 6.66. The van der Waals surface area contributed by atoms with E-state index in [2.05, 4.69) is 27.3 Å². The van der Waals surface area contributed by atoms with Crippen molar-refractivity contribution in [3.05, 3.63) is 0 Å². The Labute approximate surface area is 127 Å². The van der Waals surface area contributed by atoms with E-state index in [1.54, 1.807) is 0 Å². The summed E-state index contributed by atoms with van der Waals surface area (Å²) in [4.78, 5) is 15.3. The van der Waals surface area contributed by atoms with Crippen molar-refractivity contribution >= 4 is 35.9 Å². The monoisotopic (exact) mass is 371 g/mol. The minimum Gasteiger partial charge on any atom is -0.469 e. The van der Waals surface area contributed by atoms with Gasteiger partial charge < -0.3 is 15.4 Å². The standard InChI is InChI=1S/C12H25N3O2.HI/c1-4-9-14-12(13-5-2)15-10-7-6-8-11(16)17-3;/h4-10H2,1-3H3,(H2,13,14,15);1H. The van der Waals surface area contributed by atoms with Crippen LogP contribution in [0.2, 0.25) is 0 Å². The number of methoxy groups -OCH3 is 1. The number of carbonyl (C=O) groups excluding carboxylic acids is 1. The summed E-state index contributed by atoms with van der Waals surface area (Å²) in [5.41, 5.74) is 0. The molecule has 0 amide bonds. The number of hydrogen-bond donors (Lipinski definition) is 2. The molecule has 0 saturated carbocycles. The van der Waals surface area contributed by atoms with Crippen molar-refractivity contribution in [1.29, 1.82) is 0 Å². The number of carbonyl (C=O) groups is 1. The molecule has 108 valence electrons. The number of unbranched alkanes of at least 4 members (excludes halogenated alkanes) is 1. The highest BCUT2D eigenvalue weighted by molar-refractivity contribution is 14.0. The Morgan fingerprint density at radius 2 is 1.94 bits per heavy atom. The zero-order chi connectivity index (χ0) is 12.9. The summed E-state index contributed by atoms with van der Waals surface area (Å²) >= 11 is 0. The lowest BCUT2D eigenvalue weighted by atomic mass is 10.2. The second-order valence-electron chi connectivity index (χ2n) is 3.72. The number of aliphatic imine (C=N–C) groups is 1. The summed E-state index contributed by atoms with van der Waals surface area (Å²) in [5, 5.41) is 6.41. The Morgan fingerprint density at radius 3 is 2.50 bits per heavy atom. The van der Waals surface area contributed by atoms with Crippen molar-refractivity contribution in [1.82, 2.24) is 10.6 Å². The highest BCUT2D eigenvalue weighted by atomic mass is 127. The maximum atomic E-state index is 10.9. The molecule has 0 aliphatic carbocycles. The van der Waals surface area contributed by atoms with Gasteiger partial charge in [-0.1, -0.05) is 6.92 Å². The van der Waals surface area contributed by atoms with Gasteiger partial charge in [-0.15, -0.1) is 24.0 Å². The van der Waals surface area contributed by atoms with E-state index in [0.29, 0.717) is 6.42 Å². The van der Waals surface area contributed by atoms with E-state index in [0.717, 1.165) is 44.9 Å². The van der Waals surface area contributed by atoms with Crippen LogP contribution in [0.4, 0.5) is 0 Å². The van der Waals surface area contributed by atoms with Crippen LogP contribution in [0.25, 0.3) is 0 Å². The molecule has 0 fully saturated rings. The van der Waals surface area contributed by atoms with E-state index < -0.39 is 0 Å². The molecule has 0 radical (unpaired) electrons. The van der Waals surface area contributed by atoms with Crippen molar-refractivity contribution in [2.45, 2.75) is 39.5 Å². The summed E-state index contributed by atoms with van der Waals surface area (Å²) in [6.07, 6.45) is 3.30. The zero-order valence-corrected chi connectivity index (χ0v) is 14.0. The number of rotatable bonds is 8. The van der Waals surface area contributed by atoms with Gasteiger partial charge >= 0.3 is 5.97 Å². The highest BCUT2D eigenvalue weighted by Crippen LogP contribution is 1.95. The lowest BCUT2D eigenvalue weighted by Crippen LogP contribution is -2.37.